The van der Waals surface area contributed by atoms with Crippen molar-refractivity contribution in [1.82, 2.24) is 10.6 Å². The molecule has 0 spiro atoms. The summed E-state index contributed by atoms with van der Waals surface area (Å²) in [7, 11) is -1.32. The third-order valence-electron chi connectivity index (χ3n) is 4.23. The molecule has 3 atom stereocenters. The molecule has 2 rings (SSSR count). The van der Waals surface area contributed by atoms with E-state index in [0.717, 1.165) is 5.56 Å². The Morgan fingerprint density at radius 3 is 2.07 bits per heavy atom. The Hall–Kier alpha value is -3.00. The van der Waals surface area contributed by atoms with E-state index in [1.165, 1.54) is 6.92 Å². The SMILES string of the molecule is CC(=O)N[C@H](Cc1ccccc1)C(=O)N[C@@H](CC[S@@](=O)c1ccccc1)C(N)=O. The molecule has 2 aromatic carbocycles. The Kier molecular flexibility index (Phi) is 8.54. The Morgan fingerprint density at radius 1 is 0.931 bits per heavy atom. The van der Waals surface area contributed by atoms with Gasteiger partial charge in [-0.2, -0.15) is 0 Å². The van der Waals surface area contributed by atoms with Gasteiger partial charge in [-0.3, -0.25) is 18.6 Å². The van der Waals surface area contributed by atoms with Crippen LogP contribution in [0.4, 0.5) is 0 Å². The molecule has 29 heavy (non-hydrogen) atoms. The zero-order valence-corrected chi connectivity index (χ0v) is 17.0. The molecule has 154 valence electrons. The molecule has 0 aliphatic carbocycles. The monoisotopic (exact) mass is 415 g/mol. The Balaban J connectivity index is 2.02. The first-order chi connectivity index (χ1) is 13.9. The van der Waals surface area contributed by atoms with E-state index in [1.807, 2.05) is 36.4 Å². The van der Waals surface area contributed by atoms with Crippen molar-refractivity contribution in [2.45, 2.75) is 36.7 Å². The minimum absolute atomic E-state index is 0.126. The van der Waals surface area contributed by atoms with Gasteiger partial charge >= 0.3 is 0 Å². The van der Waals surface area contributed by atoms with Gasteiger partial charge in [-0.15, -0.1) is 0 Å². The van der Waals surface area contributed by atoms with Crippen molar-refractivity contribution in [2.24, 2.45) is 5.73 Å². The number of rotatable bonds is 10. The van der Waals surface area contributed by atoms with Crippen molar-refractivity contribution >= 4 is 28.5 Å². The molecule has 8 heteroatoms. The van der Waals surface area contributed by atoms with Gasteiger partial charge in [0.15, 0.2) is 0 Å². The fourth-order valence-electron chi connectivity index (χ4n) is 2.78. The van der Waals surface area contributed by atoms with Crippen molar-refractivity contribution in [3.8, 4) is 0 Å². The van der Waals surface area contributed by atoms with Crippen LogP contribution in [0, 0.1) is 0 Å². The molecule has 0 radical (unpaired) electrons. The smallest absolute Gasteiger partial charge is 0.243 e. The highest BCUT2D eigenvalue weighted by atomic mass is 32.2. The van der Waals surface area contributed by atoms with Gasteiger partial charge in [-0.1, -0.05) is 48.5 Å². The van der Waals surface area contributed by atoms with Crippen LogP contribution in [0.3, 0.4) is 0 Å². The molecule has 0 saturated heterocycles. The van der Waals surface area contributed by atoms with E-state index in [9.17, 15) is 18.6 Å². The van der Waals surface area contributed by atoms with E-state index in [4.69, 9.17) is 5.73 Å². The molecule has 3 amide bonds. The minimum atomic E-state index is -1.32. The third-order valence-corrected chi connectivity index (χ3v) is 5.64. The highest BCUT2D eigenvalue weighted by Gasteiger charge is 2.25. The molecule has 0 aliphatic heterocycles. The van der Waals surface area contributed by atoms with Crippen LogP contribution in [0.15, 0.2) is 65.6 Å². The van der Waals surface area contributed by atoms with E-state index in [1.54, 1.807) is 24.3 Å². The van der Waals surface area contributed by atoms with Gasteiger partial charge in [0.25, 0.3) is 0 Å². The molecule has 0 unspecified atom stereocenters. The first-order valence-corrected chi connectivity index (χ1v) is 10.5. The van der Waals surface area contributed by atoms with Crippen LogP contribution in [0.1, 0.15) is 18.9 Å². The molecule has 4 N–H and O–H groups in total. The molecule has 0 bridgehead atoms. The number of primary amides is 1. The van der Waals surface area contributed by atoms with Gasteiger partial charge in [0.05, 0.1) is 10.8 Å². The number of hydrogen-bond donors (Lipinski definition) is 3. The van der Waals surface area contributed by atoms with E-state index in [2.05, 4.69) is 10.6 Å². The maximum absolute atomic E-state index is 12.7. The quantitative estimate of drug-likeness (QED) is 0.534. The van der Waals surface area contributed by atoms with E-state index in [-0.39, 0.29) is 24.5 Å². The normalized spacial score (nSPS) is 13.7. The summed E-state index contributed by atoms with van der Waals surface area (Å²) >= 11 is 0. The largest absolute Gasteiger partial charge is 0.368 e. The van der Waals surface area contributed by atoms with Crippen LogP contribution in [0.2, 0.25) is 0 Å². The molecular formula is C21H25N3O4S. The van der Waals surface area contributed by atoms with Crippen molar-refractivity contribution in [3.63, 3.8) is 0 Å². The number of carbonyl (C=O) groups excluding carboxylic acids is 3. The van der Waals surface area contributed by atoms with Crippen molar-refractivity contribution < 1.29 is 18.6 Å². The summed E-state index contributed by atoms with van der Waals surface area (Å²) in [5, 5.41) is 5.19. The first-order valence-electron chi connectivity index (χ1n) is 9.21. The summed E-state index contributed by atoms with van der Waals surface area (Å²) < 4.78 is 12.4. The van der Waals surface area contributed by atoms with Gasteiger partial charge in [-0.05, 0) is 24.1 Å². The van der Waals surface area contributed by atoms with Gasteiger partial charge in [0.1, 0.15) is 12.1 Å². The zero-order chi connectivity index (χ0) is 21.2. The van der Waals surface area contributed by atoms with Crippen LogP contribution in [-0.2, 0) is 31.6 Å². The van der Waals surface area contributed by atoms with E-state index >= 15 is 0 Å². The standard InChI is InChI=1S/C21H25N3O4S/c1-15(25)23-19(14-16-8-4-2-5-9-16)21(27)24-18(20(22)26)12-13-29(28)17-10-6-3-7-11-17/h2-11,18-19H,12-14H2,1H3,(H2,22,26)(H,23,25)(H,24,27)/t18-,19+,29+/m0/s1. The third kappa shape index (κ3) is 7.50. The van der Waals surface area contributed by atoms with Crippen LogP contribution in [0.5, 0.6) is 0 Å². The summed E-state index contributed by atoms with van der Waals surface area (Å²) in [6.07, 6.45) is 0.397. The Labute approximate surface area is 172 Å². The fraction of sp³-hybridized carbons (Fsp3) is 0.286. The molecule has 0 fully saturated rings. The number of nitrogens with one attached hydrogen (secondary N) is 2. The zero-order valence-electron chi connectivity index (χ0n) is 16.2. The summed E-state index contributed by atoms with van der Waals surface area (Å²) in [6.45, 7) is 1.32. The fourth-order valence-corrected chi connectivity index (χ4v) is 3.92. The highest BCUT2D eigenvalue weighted by Crippen LogP contribution is 2.09. The lowest BCUT2D eigenvalue weighted by atomic mass is 10.0. The summed E-state index contributed by atoms with van der Waals surface area (Å²) in [5.41, 5.74) is 6.29. The van der Waals surface area contributed by atoms with Gasteiger partial charge in [-0.25, -0.2) is 0 Å². The second-order valence-electron chi connectivity index (χ2n) is 6.56. The average molecular weight is 416 g/mol. The number of carbonyl (C=O) groups is 3. The molecular weight excluding hydrogens is 390 g/mol. The topological polar surface area (TPSA) is 118 Å². The number of benzene rings is 2. The van der Waals surface area contributed by atoms with Gasteiger partial charge in [0.2, 0.25) is 17.7 Å². The molecule has 0 saturated carbocycles. The highest BCUT2D eigenvalue weighted by molar-refractivity contribution is 7.85. The molecule has 0 heterocycles. The van der Waals surface area contributed by atoms with Crippen molar-refractivity contribution in [2.75, 3.05) is 5.75 Å². The molecule has 0 aromatic heterocycles. The average Bonchev–Trinajstić information content (AvgIpc) is 2.71. The molecule has 0 aliphatic rings. The van der Waals surface area contributed by atoms with E-state index in [0.29, 0.717) is 4.90 Å². The minimum Gasteiger partial charge on any atom is -0.368 e. The maximum Gasteiger partial charge on any atom is 0.243 e. The Morgan fingerprint density at radius 2 is 1.52 bits per heavy atom. The predicted molar refractivity (Wildman–Crippen MR) is 111 cm³/mol. The van der Waals surface area contributed by atoms with Gasteiger partial charge in [0, 0.05) is 24.0 Å². The lowest BCUT2D eigenvalue weighted by Crippen LogP contribution is -2.53. The number of hydrogen-bond acceptors (Lipinski definition) is 4. The summed E-state index contributed by atoms with van der Waals surface area (Å²) in [6, 6.07) is 16.2. The Bertz CT molecular complexity index is 859. The first kappa shape index (κ1) is 22.3. The van der Waals surface area contributed by atoms with Crippen molar-refractivity contribution in [3.05, 3.63) is 66.2 Å². The summed E-state index contributed by atoms with van der Waals surface area (Å²) in [5.74, 6) is -1.42. The molecule has 2 aromatic rings. The van der Waals surface area contributed by atoms with Crippen LogP contribution < -0.4 is 16.4 Å². The lowest BCUT2D eigenvalue weighted by Gasteiger charge is -2.21. The molecule has 7 nitrogen and oxygen atoms in total. The summed E-state index contributed by atoms with van der Waals surface area (Å²) in [4.78, 5) is 36.7. The number of amides is 3. The predicted octanol–water partition coefficient (Wildman–Crippen LogP) is 0.902. The van der Waals surface area contributed by atoms with Crippen LogP contribution in [0.25, 0.3) is 0 Å². The van der Waals surface area contributed by atoms with Crippen LogP contribution >= 0.6 is 0 Å². The van der Waals surface area contributed by atoms with Crippen molar-refractivity contribution in [1.29, 1.82) is 0 Å². The maximum atomic E-state index is 12.7. The van der Waals surface area contributed by atoms with Crippen LogP contribution in [-0.4, -0.2) is 39.8 Å². The lowest BCUT2D eigenvalue weighted by molar-refractivity contribution is -0.130. The van der Waals surface area contributed by atoms with E-state index < -0.39 is 34.7 Å². The number of nitrogens with two attached hydrogens (primary N) is 1. The second kappa shape index (κ2) is 11.1. The van der Waals surface area contributed by atoms with Gasteiger partial charge < -0.3 is 16.4 Å². The second-order valence-corrected chi connectivity index (χ2v) is 8.13.